The second-order valence-electron chi connectivity index (χ2n) is 7.28. The number of halogens is 7. The van der Waals surface area contributed by atoms with Gasteiger partial charge in [0.15, 0.2) is 11.6 Å². The molecule has 0 aromatic heterocycles. The molecule has 31 heavy (non-hydrogen) atoms. The Morgan fingerprint density at radius 3 is 1.81 bits per heavy atom. The molecule has 0 atom stereocenters. The first-order chi connectivity index (χ1) is 14.6. The Hall–Kier alpha value is -2.83. The zero-order valence-electron chi connectivity index (χ0n) is 16.6. The molecule has 0 spiro atoms. The predicted octanol–water partition coefficient (Wildman–Crippen LogP) is 7.67. The Bertz CT molecular complexity index is 1040. The maximum Gasteiger partial charge on any atom is 0.422 e. The van der Waals surface area contributed by atoms with E-state index < -0.39 is 35.0 Å². The Balaban J connectivity index is 1.74. The van der Waals surface area contributed by atoms with Crippen LogP contribution in [0.5, 0.6) is 0 Å². The molecule has 0 saturated carbocycles. The topological polar surface area (TPSA) is 0 Å². The number of hydrogen-bond donors (Lipinski definition) is 0. The summed E-state index contributed by atoms with van der Waals surface area (Å²) in [6.07, 6.45) is -3.56. The second kappa shape index (κ2) is 9.12. The van der Waals surface area contributed by atoms with Gasteiger partial charge in [-0.05, 0) is 53.6 Å². The third-order valence-corrected chi connectivity index (χ3v) is 5.03. The molecular weight excluding hydrogens is 421 g/mol. The van der Waals surface area contributed by atoms with Crippen LogP contribution in [0.25, 0.3) is 11.1 Å². The maximum absolute atomic E-state index is 14.4. The highest BCUT2D eigenvalue weighted by atomic mass is 19.4. The molecule has 164 valence electrons. The minimum Gasteiger partial charge on any atom is -0.206 e. The molecule has 0 aliphatic rings. The van der Waals surface area contributed by atoms with E-state index in [1.54, 1.807) is 30.3 Å². The lowest BCUT2D eigenvalue weighted by Crippen LogP contribution is -2.12. The van der Waals surface area contributed by atoms with Gasteiger partial charge >= 0.3 is 6.18 Å². The minimum atomic E-state index is -5.11. The van der Waals surface area contributed by atoms with Crippen LogP contribution in [0, 0.1) is 23.3 Å². The van der Waals surface area contributed by atoms with Gasteiger partial charge in [-0.2, -0.15) is 13.2 Å². The number of benzene rings is 3. The Labute approximate surface area is 175 Å². The van der Waals surface area contributed by atoms with Crippen molar-refractivity contribution in [3.63, 3.8) is 0 Å². The molecule has 3 aromatic carbocycles. The van der Waals surface area contributed by atoms with Crippen LogP contribution in [0.15, 0.2) is 48.5 Å². The standard InChI is InChI=1S/C24H19F7/c1-2-3-17-10-11-18(23(28)22(17)27)16-8-6-14(7-9-16)4-5-15-12-19(25)21(20(26)13-15)24(29,30)31/h6-13H,2-5H2,1H3. The number of rotatable bonds is 6. The zero-order valence-corrected chi connectivity index (χ0v) is 16.6. The van der Waals surface area contributed by atoms with E-state index in [4.69, 9.17) is 0 Å². The molecule has 0 nitrogen and oxygen atoms in total. The van der Waals surface area contributed by atoms with Gasteiger partial charge in [-0.1, -0.05) is 49.7 Å². The van der Waals surface area contributed by atoms with Crippen LogP contribution in [0.4, 0.5) is 30.7 Å². The van der Waals surface area contributed by atoms with Crippen molar-refractivity contribution in [1.29, 1.82) is 0 Å². The molecule has 0 fully saturated rings. The SMILES string of the molecule is CCCc1ccc(-c2ccc(CCc3cc(F)c(C(F)(F)F)c(F)c3)cc2)c(F)c1F. The first kappa shape index (κ1) is 22.8. The summed E-state index contributed by atoms with van der Waals surface area (Å²) in [7, 11) is 0. The molecule has 0 saturated heterocycles. The Morgan fingerprint density at radius 2 is 1.26 bits per heavy atom. The second-order valence-corrected chi connectivity index (χ2v) is 7.28. The van der Waals surface area contributed by atoms with Crippen molar-refractivity contribution in [2.75, 3.05) is 0 Å². The summed E-state index contributed by atoms with van der Waals surface area (Å²) >= 11 is 0. The lowest BCUT2D eigenvalue weighted by molar-refractivity contribution is -0.142. The smallest absolute Gasteiger partial charge is 0.206 e. The minimum absolute atomic E-state index is 0.0895. The summed E-state index contributed by atoms with van der Waals surface area (Å²) in [5, 5.41) is 0. The molecule has 0 bridgehead atoms. The quantitative estimate of drug-likeness (QED) is 0.345. The average Bonchev–Trinajstić information content (AvgIpc) is 2.69. The molecule has 0 amide bonds. The zero-order chi connectivity index (χ0) is 22.8. The lowest BCUT2D eigenvalue weighted by atomic mass is 9.97. The van der Waals surface area contributed by atoms with E-state index in [1.807, 2.05) is 6.92 Å². The van der Waals surface area contributed by atoms with Gasteiger partial charge in [0, 0.05) is 5.56 Å². The molecule has 3 rings (SSSR count). The van der Waals surface area contributed by atoms with Gasteiger partial charge in [0.25, 0.3) is 0 Å². The van der Waals surface area contributed by atoms with Crippen molar-refractivity contribution < 1.29 is 30.7 Å². The average molecular weight is 440 g/mol. The Morgan fingerprint density at radius 1 is 0.677 bits per heavy atom. The lowest BCUT2D eigenvalue weighted by Gasteiger charge is -2.11. The van der Waals surface area contributed by atoms with Crippen molar-refractivity contribution in [2.24, 2.45) is 0 Å². The molecule has 0 unspecified atom stereocenters. The third-order valence-electron chi connectivity index (χ3n) is 5.03. The van der Waals surface area contributed by atoms with Crippen LogP contribution in [-0.4, -0.2) is 0 Å². The summed E-state index contributed by atoms with van der Waals surface area (Å²) in [4.78, 5) is 0. The van der Waals surface area contributed by atoms with Crippen LogP contribution >= 0.6 is 0 Å². The van der Waals surface area contributed by atoms with E-state index in [9.17, 15) is 30.7 Å². The van der Waals surface area contributed by atoms with E-state index in [1.165, 1.54) is 6.07 Å². The molecule has 0 radical (unpaired) electrons. The van der Waals surface area contributed by atoms with Crippen LogP contribution in [0.2, 0.25) is 0 Å². The first-order valence-electron chi connectivity index (χ1n) is 9.73. The molecule has 0 aliphatic heterocycles. The van der Waals surface area contributed by atoms with Crippen LogP contribution in [0.3, 0.4) is 0 Å². The van der Waals surface area contributed by atoms with Gasteiger partial charge in [-0.25, -0.2) is 17.6 Å². The van der Waals surface area contributed by atoms with Crippen molar-refractivity contribution in [3.8, 4) is 11.1 Å². The number of aryl methyl sites for hydroxylation is 3. The summed E-state index contributed by atoms with van der Waals surface area (Å²) < 4.78 is 93.9. The van der Waals surface area contributed by atoms with E-state index in [0.717, 1.165) is 5.56 Å². The molecule has 0 heterocycles. The van der Waals surface area contributed by atoms with Gasteiger partial charge in [0.05, 0.1) is 0 Å². The highest BCUT2D eigenvalue weighted by molar-refractivity contribution is 5.65. The van der Waals surface area contributed by atoms with Crippen molar-refractivity contribution >= 4 is 0 Å². The summed E-state index contributed by atoms with van der Waals surface area (Å²) in [6.45, 7) is 1.87. The van der Waals surface area contributed by atoms with Gasteiger partial charge in [0.1, 0.15) is 17.2 Å². The highest BCUT2D eigenvalue weighted by Gasteiger charge is 2.37. The van der Waals surface area contributed by atoms with Crippen LogP contribution in [0.1, 0.15) is 35.6 Å². The third kappa shape index (κ3) is 5.09. The number of alkyl halides is 3. The summed E-state index contributed by atoms with van der Waals surface area (Å²) in [5.41, 5.74) is -0.179. The predicted molar refractivity (Wildman–Crippen MR) is 105 cm³/mol. The molecule has 3 aromatic rings. The summed E-state index contributed by atoms with van der Waals surface area (Å²) in [6, 6.07) is 10.9. The monoisotopic (exact) mass is 440 g/mol. The maximum atomic E-state index is 14.4. The van der Waals surface area contributed by atoms with E-state index in [2.05, 4.69) is 0 Å². The molecular formula is C24H19F7. The van der Waals surface area contributed by atoms with Gasteiger partial charge < -0.3 is 0 Å². The van der Waals surface area contributed by atoms with E-state index >= 15 is 0 Å². The van der Waals surface area contributed by atoms with E-state index in [0.29, 0.717) is 42.5 Å². The number of hydrogen-bond acceptors (Lipinski definition) is 0. The van der Waals surface area contributed by atoms with Crippen molar-refractivity contribution in [2.45, 2.75) is 38.8 Å². The molecule has 7 heteroatoms. The van der Waals surface area contributed by atoms with Crippen molar-refractivity contribution in [3.05, 3.63) is 94.1 Å². The fourth-order valence-corrected chi connectivity index (χ4v) is 3.46. The van der Waals surface area contributed by atoms with E-state index in [-0.39, 0.29) is 17.5 Å². The van der Waals surface area contributed by atoms with Gasteiger partial charge in [0.2, 0.25) is 0 Å². The first-order valence-corrected chi connectivity index (χ1v) is 9.73. The fraction of sp³-hybridized carbons (Fsp3) is 0.250. The fourth-order valence-electron chi connectivity index (χ4n) is 3.46. The van der Waals surface area contributed by atoms with Crippen LogP contribution in [-0.2, 0) is 25.4 Å². The van der Waals surface area contributed by atoms with Crippen LogP contribution < -0.4 is 0 Å². The van der Waals surface area contributed by atoms with Gasteiger partial charge in [-0.15, -0.1) is 0 Å². The van der Waals surface area contributed by atoms with Gasteiger partial charge in [-0.3, -0.25) is 0 Å². The highest BCUT2D eigenvalue weighted by Crippen LogP contribution is 2.34. The summed E-state index contributed by atoms with van der Waals surface area (Å²) in [5.74, 6) is -5.09. The Kier molecular flexibility index (Phi) is 6.72. The normalized spacial score (nSPS) is 11.7. The molecule has 0 aliphatic carbocycles. The largest absolute Gasteiger partial charge is 0.422 e. The molecule has 0 N–H and O–H groups in total. The van der Waals surface area contributed by atoms with Crippen molar-refractivity contribution in [1.82, 2.24) is 0 Å².